The Kier molecular flexibility index (Phi) is 4.09. The second kappa shape index (κ2) is 5.61. The van der Waals surface area contributed by atoms with Gasteiger partial charge < -0.3 is 10.6 Å². The fourth-order valence-electron chi connectivity index (χ4n) is 2.09. The number of rotatable bonds is 4. The summed E-state index contributed by atoms with van der Waals surface area (Å²) in [6.45, 7) is 1.79. The maximum absolute atomic E-state index is 11.4. The minimum Gasteiger partial charge on any atom is -0.380 e. The van der Waals surface area contributed by atoms with Crippen LogP contribution in [0.1, 0.15) is 19.8 Å². The van der Waals surface area contributed by atoms with Gasteiger partial charge in [-0.05, 0) is 18.6 Å². The molecule has 1 aromatic rings. The van der Waals surface area contributed by atoms with Gasteiger partial charge in [0.1, 0.15) is 0 Å². The third-order valence-corrected chi connectivity index (χ3v) is 4.88. The van der Waals surface area contributed by atoms with Crippen LogP contribution in [0.15, 0.2) is 24.3 Å². The topological polar surface area (TPSA) is 75.3 Å². The normalized spacial score (nSPS) is 21.0. The number of nitrogens with one attached hydrogen (secondary N) is 2. The van der Waals surface area contributed by atoms with E-state index in [4.69, 9.17) is 0 Å². The lowest BCUT2D eigenvalue weighted by Crippen LogP contribution is -2.22. The van der Waals surface area contributed by atoms with Crippen LogP contribution in [0.5, 0.6) is 0 Å². The molecule has 1 amide bonds. The number of hydrogen-bond donors (Lipinski definition) is 2. The van der Waals surface area contributed by atoms with Crippen LogP contribution in [0.3, 0.4) is 0 Å². The summed E-state index contributed by atoms with van der Waals surface area (Å²) in [5.74, 6) is 0.324. The summed E-state index contributed by atoms with van der Waals surface area (Å²) in [5, 5.41) is 6.00. The van der Waals surface area contributed by atoms with Crippen molar-refractivity contribution in [2.24, 2.45) is 0 Å². The Balaban J connectivity index is 2.10. The van der Waals surface area contributed by atoms with Gasteiger partial charge in [0.25, 0.3) is 0 Å². The summed E-state index contributed by atoms with van der Waals surface area (Å²) >= 11 is 0. The van der Waals surface area contributed by atoms with Gasteiger partial charge in [0, 0.05) is 12.5 Å². The van der Waals surface area contributed by atoms with Gasteiger partial charge in [0.05, 0.1) is 22.9 Å². The number of benzene rings is 1. The molecule has 104 valence electrons. The first-order valence-electron chi connectivity index (χ1n) is 6.36. The predicted octanol–water partition coefficient (Wildman–Crippen LogP) is 1.63. The molecule has 1 heterocycles. The second-order valence-corrected chi connectivity index (χ2v) is 6.92. The Morgan fingerprint density at radius 2 is 2.00 bits per heavy atom. The predicted molar refractivity (Wildman–Crippen MR) is 76.0 cm³/mol. The highest BCUT2D eigenvalue weighted by Gasteiger charge is 2.28. The molecular weight excluding hydrogens is 264 g/mol. The van der Waals surface area contributed by atoms with Crippen molar-refractivity contribution in [1.29, 1.82) is 0 Å². The number of carbonyl (C=O) groups excluding carboxylic acids is 1. The van der Waals surface area contributed by atoms with Crippen LogP contribution in [0.25, 0.3) is 0 Å². The lowest BCUT2D eigenvalue weighted by molar-refractivity contribution is -0.115. The van der Waals surface area contributed by atoms with Crippen molar-refractivity contribution in [2.45, 2.75) is 25.8 Å². The number of hydrogen-bond acceptors (Lipinski definition) is 4. The van der Waals surface area contributed by atoms with Crippen LogP contribution < -0.4 is 10.6 Å². The minimum atomic E-state index is -2.91. The molecule has 0 saturated carbocycles. The second-order valence-electron chi connectivity index (χ2n) is 4.69. The Bertz CT molecular complexity index is 569. The van der Waals surface area contributed by atoms with E-state index in [1.54, 1.807) is 13.0 Å². The first-order chi connectivity index (χ1) is 9.00. The highest BCUT2D eigenvalue weighted by Crippen LogP contribution is 2.24. The minimum absolute atomic E-state index is 0.0618. The number of amides is 1. The van der Waals surface area contributed by atoms with E-state index in [0.717, 1.165) is 5.69 Å². The molecule has 6 heteroatoms. The van der Waals surface area contributed by atoms with Crippen LogP contribution in [0.4, 0.5) is 11.4 Å². The van der Waals surface area contributed by atoms with Crippen LogP contribution in [0, 0.1) is 0 Å². The van der Waals surface area contributed by atoms with E-state index >= 15 is 0 Å². The summed E-state index contributed by atoms with van der Waals surface area (Å²) < 4.78 is 22.9. The lowest BCUT2D eigenvalue weighted by atomic mass is 10.2. The summed E-state index contributed by atoms with van der Waals surface area (Å²) in [6, 6.07) is 7.26. The van der Waals surface area contributed by atoms with E-state index in [9.17, 15) is 13.2 Å². The van der Waals surface area contributed by atoms with Gasteiger partial charge >= 0.3 is 0 Å². The van der Waals surface area contributed by atoms with Gasteiger partial charge in [-0.1, -0.05) is 19.1 Å². The summed E-state index contributed by atoms with van der Waals surface area (Å²) in [7, 11) is -2.91. The van der Waals surface area contributed by atoms with Crippen molar-refractivity contribution in [1.82, 2.24) is 0 Å². The largest absolute Gasteiger partial charge is 0.380 e. The van der Waals surface area contributed by atoms with Gasteiger partial charge in [-0.15, -0.1) is 0 Å². The molecule has 1 saturated heterocycles. The molecule has 2 N–H and O–H groups in total. The van der Waals surface area contributed by atoms with E-state index in [0.29, 0.717) is 18.5 Å². The van der Waals surface area contributed by atoms with Crippen molar-refractivity contribution < 1.29 is 13.2 Å². The van der Waals surface area contributed by atoms with E-state index in [1.165, 1.54) is 0 Å². The number of anilines is 2. The van der Waals surface area contributed by atoms with Crippen molar-refractivity contribution in [3.63, 3.8) is 0 Å². The molecule has 0 spiro atoms. The summed E-state index contributed by atoms with van der Waals surface area (Å²) in [6.07, 6.45) is 1.02. The lowest BCUT2D eigenvalue weighted by Gasteiger charge is -2.16. The quantitative estimate of drug-likeness (QED) is 0.880. The van der Waals surface area contributed by atoms with Crippen LogP contribution in [0.2, 0.25) is 0 Å². The van der Waals surface area contributed by atoms with Crippen LogP contribution in [-0.4, -0.2) is 31.9 Å². The van der Waals surface area contributed by atoms with E-state index in [1.807, 2.05) is 18.2 Å². The third-order valence-electron chi connectivity index (χ3n) is 3.11. The van der Waals surface area contributed by atoms with Gasteiger partial charge in [0.2, 0.25) is 5.91 Å². The first-order valence-corrected chi connectivity index (χ1v) is 8.18. The van der Waals surface area contributed by atoms with Crippen LogP contribution in [-0.2, 0) is 14.6 Å². The average Bonchev–Trinajstić information content (AvgIpc) is 2.71. The van der Waals surface area contributed by atoms with E-state index < -0.39 is 9.84 Å². The van der Waals surface area contributed by atoms with Gasteiger partial charge in [-0.25, -0.2) is 8.42 Å². The Morgan fingerprint density at radius 1 is 1.32 bits per heavy atom. The molecule has 0 aromatic heterocycles. The Morgan fingerprint density at radius 3 is 2.58 bits per heavy atom. The monoisotopic (exact) mass is 282 g/mol. The molecule has 1 aliphatic heterocycles. The van der Waals surface area contributed by atoms with Crippen molar-refractivity contribution in [3.8, 4) is 0 Å². The zero-order chi connectivity index (χ0) is 13.9. The fourth-order valence-corrected chi connectivity index (χ4v) is 3.76. The molecule has 2 rings (SSSR count). The van der Waals surface area contributed by atoms with Gasteiger partial charge in [-0.3, -0.25) is 4.79 Å². The smallest absolute Gasteiger partial charge is 0.224 e. The Labute approximate surface area is 113 Å². The number of carbonyl (C=O) groups is 1. The molecule has 1 fully saturated rings. The molecule has 1 aliphatic rings. The Hall–Kier alpha value is -1.56. The molecular formula is C13H18N2O3S. The number of sulfone groups is 1. The SMILES string of the molecule is CCC(=O)Nc1ccccc1NC1CCS(=O)(=O)C1. The molecule has 1 atom stereocenters. The molecule has 1 unspecified atom stereocenters. The van der Waals surface area contributed by atoms with Crippen LogP contribution >= 0.6 is 0 Å². The molecule has 5 nitrogen and oxygen atoms in total. The molecule has 0 bridgehead atoms. The van der Waals surface area contributed by atoms with Crippen molar-refractivity contribution >= 4 is 27.1 Å². The van der Waals surface area contributed by atoms with Crippen molar-refractivity contribution in [2.75, 3.05) is 22.1 Å². The molecule has 19 heavy (non-hydrogen) atoms. The molecule has 0 aliphatic carbocycles. The third kappa shape index (κ3) is 3.70. The zero-order valence-corrected chi connectivity index (χ0v) is 11.7. The molecule has 0 radical (unpaired) electrons. The van der Waals surface area contributed by atoms with E-state index in [2.05, 4.69) is 10.6 Å². The number of para-hydroxylation sites is 2. The summed E-state index contributed by atoms with van der Waals surface area (Å²) in [4.78, 5) is 11.4. The standard InChI is InChI=1S/C13H18N2O3S/c1-2-13(16)15-12-6-4-3-5-11(12)14-10-7-8-19(17,18)9-10/h3-6,10,14H,2,7-9H2,1H3,(H,15,16). The highest BCUT2D eigenvalue weighted by molar-refractivity contribution is 7.91. The average molecular weight is 282 g/mol. The highest BCUT2D eigenvalue weighted by atomic mass is 32.2. The van der Waals surface area contributed by atoms with Gasteiger partial charge in [-0.2, -0.15) is 0 Å². The fraction of sp³-hybridized carbons (Fsp3) is 0.462. The van der Waals surface area contributed by atoms with E-state index in [-0.39, 0.29) is 23.5 Å². The van der Waals surface area contributed by atoms with Crippen molar-refractivity contribution in [3.05, 3.63) is 24.3 Å². The first kappa shape index (κ1) is 13.9. The molecule has 1 aromatic carbocycles. The zero-order valence-electron chi connectivity index (χ0n) is 10.8. The van der Waals surface area contributed by atoms with Gasteiger partial charge in [0.15, 0.2) is 9.84 Å². The maximum atomic E-state index is 11.4. The maximum Gasteiger partial charge on any atom is 0.224 e. The summed E-state index contributed by atoms with van der Waals surface area (Å²) in [5.41, 5.74) is 1.46.